The molecule has 0 spiro atoms. The van der Waals surface area contributed by atoms with Crippen LogP contribution in [0, 0.1) is 11.8 Å². The van der Waals surface area contributed by atoms with E-state index >= 15 is 0 Å². The maximum absolute atomic E-state index is 12.0. The molecule has 1 fully saturated rings. The molecule has 5 heteroatoms. The van der Waals surface area contributed by atoms with E-state index < -0.39 is 5.97 Å². The van der Waals surface area contributed by atoms with Crippen molar-refractivity contribution < 1.29 is 14.7 Å². The summed E-state index contributed by atoms with van der Waals surface area (Å²) >= 11 is 0. The van der Waals surface area contributed by atoms with Gasteiger partial charge in [-0.05, 0) is 36.6 Å². The lowest BCUT2D eigenvalue weighted by atomic mass is 9.97. The van der Waals surface area contributed by atoms with Gasteiger partial charge in [0.05, 0.1) is 11.5 Å². The van der Waals surface area contributed by atoms with Gasteiger partial charge in [-0.25, -0.2) is 4.79 Å². The first-order valence-corrected chi connectivity index (χ1v) is 6.88. The molecule has 1 amide bonds. The Morgan fingerprint density at radius 2 is 2.20 bits per heavy atom. The lowest BCUT2D eigenvalue weighted by Crippen LogP contribution is -2.35. The second kappa shape index (κ2) is 6.52. The molecule has 1 aromatic carbocycles. The van der Waals surface area contributed by atoms with Crippen LogP contribution in [0.15, 0.2) is 24.3 Å². The van der Waals surface area contributed by atoms with E-state index in [4.69, 9.17) is 5.11 Å². The highest BCUT2D eigenvalue weighted by Gasteiger charge is 2.28. The highest BCUT2D eigenvalue weighted by atomic mass is 16.4. The second-order valence-corrected chi connectivity index (χ2v) is 5.29. The minimum Gasteiger partial charge on any atom is -0.478 e. The molecule has 1 saturated heterocycles. The van der Waals surface area contributed by atoms with Gasteiger partial charge in [-0.15, -0.1) is 0 Å². The van der Waals surface area contributed by atoms with Gasteiger partial charge in [0.25, 0.3) is 0 Å². The van der Waals surface area contributed by atoms with E-state index in [0.717, 1.165) is 18.7 Å². The van der Waals surface area contributed by atoms with Crippen LogP contribution in [0.3, 0.4) is 0 Å². The summed E-state index contributed by atoms with van der Waals surface area (Å²) in [5.74, 6) is -0.440. The third-order valence-corrected chi connectivity index (χ3v) is 3.74. The number of amides is 1. The quantitative estimate of drug-likeness (QED) is 0.746. The highest BCUT2D eigenvalue weighted by Crippen LogP contribution is 2.15. The van der Waals surface area contributed by atoms with Crippen LogP contribution in [-0.4, -0.2) is 36.6 Å². The van der Waals surface area contributed by atoms with Crippen LogP contribution in [0.4, 0.5) is 0 Å². The van der Waals surface area contributed by atoms with E-state index in [1.165, 1.54) is 0 Å². The lowest BCUT2D eigenvalue weighted by molar-refractivity contribution is -0.125. The molecule has 0 bridgehead atoms. The summed E-state index contributed by atoms with van der Waals surface area (Å²) in [4.78, 5) is 22.8. The average molecular weight is 276 g/mol. The van der Waals surface area contributed by atoms with Gasteiger partial charge < -0.3 is 15.7 Å². The number of hydrogen-bond acceptors (Lipinski definition) is 3. The van der Waals surface area contributed by atoms with Crippen LogP contribution in [0.2, 0.25) is 0 Å². The van der Waals surface area contributed by atoms with Crippen LogP contribution >= 0.6 is 0 Å². The minimum absolute atomic E-state index is 0.0420. The molecule has 2 rings (SSSR count). The van der Waals surface area contributed by atoms with Gasteiger partial charge in [0.15, 0.2) is 0 Å². The van der Waals surface area contributed by atoms with Crippen molar-refractivity contribution in [3.63, 3.8) is 0 Å². The van der Waals surface area contributed by atoms with Crippen molar-refractivity contribution in [3.05, 3.63) is 35.4 Å². The third kappa shape index (κ3) is 3.57. The fourth-order valence-corrected chi connectivity index (χ4v) is 2.48. The van der Waals surface area contributed by atoms with Crippen LogP contribution < -0.4 is 10.6 Å². The number of aromatic carboxylic acids is 1. The predicted molar refractivity (Wildman–Crippen MR) is 75.6 cm³/mol. The number of carbonyl (C=O) groups excluding carboxylic acids is 1. The van der Waals surface area contributed by atoms with Crippen molar-refractivity contribution in [1.82, 2.24) is 10.6 Å². The Labute approximate surface area is 118 Å². The monoisotopic (exact) mass is 276 g/mol. The second-order valence-electron chi connectivity index (χ2n) is 5.29. The zero-order valence-electron chi connectivity index (χ0n) is 11.6. The first-order valence-electron chi connectivity index (χ1n) is 6.88. The van der Waals surface area contributed by atoms with Crippen molar-refractivity contribution >= 4 is 11.9 Å². The SMILES string of the molecule is CC1CNCC1C(=O)NCCc1cccc(C(=O)O)c1. The van der Waals surface area contributed by atoms with Crippen LogP contribution in [0.1, 0.15) is 22.8 Å². The zero-order chi connectivity index (χ0) is 14.5. The van der Waals surface area contributed by atoms with Gasteiger partial charge >= 0.3 is 5.97 Å². The number of carboxylic acid groups (broad SMARTS) is 1. The molecule has 0 aromatic heterocycles. The van der Waals surface area contributed by atoms with E-state index in [1.54, 1.807) is 18.2 Å². The number of hydrogen-bond donors (Lipinski definition) is 3. The maximum atomic E-state index is 12.0. The Bertz CT molecular complexity index is 502. The van der Waals surface area contributed by atoms with Gasteiger partial charge in [0.2, 0.25) is 5.91 Å². The van der Waals surface area contributed by atoms with E-state index in [0.29, 0.717) is 18.9 Å². The van der Waals surface area contributed by atoms with Gasteiger partial charge in [-0.3, -0.25) is 4.79 Å². The molecule has 2 atom stereocenters. The molecule has 5 nitrogen and oxygen atoms in total. The normalized spacial score (nSPS) is 21.6. The van der Waals surface area contributed by atoms with Gasteiger partial charge in [0.1, 0.15) is 0 Å². The maximum Gasteiger partial charge on any atom is 0.335 e. The molecular weight excluding hydrogens is 256 g/mol. The number of benzene rings is 1. The van der Waals surface area contributed by atoms with Gasteiger partial charge in [0, 0.05) is 13.1 Å². The topological polar surface area (TPSA) is 78.4 Å². The minimum atomic E-state index is -0.929. The fourth-order valence-electron chi connectivity index (χ4n) is 2.48. The third-order valence-electron chi connectivity index (χ3n) is 3.74. The fraction of sp³-hybridized carbons (Fsp3) is 0.467. The van der Waals surface area contributed by atoms with Gasteiger partial charge in [-0.1, -0.05) is 19.1 Å². The summed E-state index contributed by atoms with van der Waals surface area (Å²) in [6.07, 6.45) is 0.640. The Morgan fingerprint density at radius 1 is 1.40 bits per heavy atom. The highest BCUT2D eigenvalue weighted by molar-refractivity contribution is 5.87. The zero-order valence-corrected chi connectivity index (χ0v) is 11.6. The molecule has 1 aliphatic heterocycles. The molecule has 1 heterocycles. The van der Waals surface area contributed by atoms with E-state index in [-0.39, 0.29) is 17.4 Å². The Morgan fingerprint density at radius 3 is 2.85 bits per heavy atom. The average Bonchev–Trinajstić information content (AvgIpc) is 2.85. The number of nitrogens with one attached hydrogen (secondary N) is 2. The molecule has 108 valence electrons. The van der Waals surface area contributed by atoms with Gasteiger partial charge in [-0.2, -0.15) is 0 Å². The summed E-state index contributed by atoms with van der Waals surface area (Å²) in [7, 11) is 0. The standard InChI is InChI=1S/C15H20N2O3/c1-10-8-16-9-13(10)14(18)17-6-5-11-3-2-4-12(7-11)15(19)20/h2-4,7,10,13,16H,5-6,8-9H2,1H3,(H,17,18)(H,19,20). The summed E-state index contributed by atoms with van der Waals surface area (Å²) in [6, 6.07) is 6.81. The number of carbonyl (C=O) groups is 2. The molecule has 1 aromatic rings. The number of rotatable bonds is 5. The van der Waals surface area contributed by atoms with E-state index in [9.17, 15) is 9.59 Å². The molecule has 2 unspecified atom stereocenters. The summed E-state index contributed by atoms with van der Waals surface area (Å²) in [6.45, 7) is 4.23. The van der Waals surface area contributed by atoms with E-state index in [2.05, 4.69) is 17.6 Å². The van der Waals surface area contributed by atoms with Crippen molar-refractivity contribution in [2.24, 2.45) is 11.8 Å². The largest absolute Gasteiger partial charge is 0.478 e. The molecule has 0 radical (unpaired) electrons. The summed E-state index contributed by atoms with van der Waals surface area (Å²) in [5, 5.41) is 15.0. The van der Waals surface area contributed by atoms with Crippen molar-refractivity contribution in [1.29, 1.82) is 0 Å². The molecule has 1 aliphatic rings. The van der Waals surface area contributed by atoms with Crippen molar-refractivity contribution in [3.8, 4) is 0 Å². The van der Waals surface area contributed by atoms with Crippen LogP contribution in [0.5, 0.6) is 0 Å². The summed E-state index contributed by atoms with van der Waals surface area (Å²) < 4.78 is 0. The molecule has 0 saturated carbocycles. The first-order chi connectivity index (χ1) is 9.58. The summed E-state index contributed by atoms with van der Waals surface area (Å²) in [5.41, 5.74) is 1.20. The Hall–Kier alpha value is -1.88. The van der Waals surface area contributed by atoms with Crippen molar-refractivity contribution in [2.75, 3.05) is 19.6 Å². The Balaban J connectivity index is 1.82. The first kappa shape index (κ1) is 14.5. The molecular formula is C15H20N2O3. The smallest absolute Gasteiger partial charge is 0.335 e. The van der Waals surface area contributed by atoms with Crippen LogP contribution in [0.25, 0.3) is 0 Å². The van der Waals surface area contributed by atoms with Crippen molar-refractivity contribution in [2.45, 2.75) is 13.3 Å². The van der Waals surface area contributed by atoms with E-state index in [1.807, 2.05) is 6.07 Å². The van der Waals surface area contributed by atoms with Crippen LogP contribution in [-0.2, 0) is 11.2 Å². The lowest BCUT2D eigenvalue weighted by Gasteiger charge is -2.14. The molecule has 0 aliphatic carbocycles. The number of carboxylic acids is 1. The Kier molecular flexibility index (Phi) is 4.74. The molecule has 3 N–H and O–H groups in total. The predicted octanol–water partition coefficient (Wildman–Crippen LogP) is 0.899. The molecule has 20 heavy (non-hydrogen) atoms.